The molecular weight excluding hydrogens is 340 g/mol. The van der Waals surface area contributed by atoms with Crippen LogP contribution in [0.4, 0.5) is 11.4 Å². The molecule has 0 saturated heterocycles. The van der Waals surface area contributed by atoms with Crippen LogP contribution in [0.2, 0.25) is 0 Å². The maximum absolute atomic E-state index is 13.2. The van der Waals surface area contributed by atoms with Crippen LogP contribution in [0.15, 0.2) is 48.5 Å². The lowest BCUT2D eigenvalue weighted by Crippen LogP contribution is -2.47. The monoisotopic (exact) mass is 366 g/mol. The molecule has 1 aliphatic heterocycles. The highest BCUT2D eigenvalue weighted by atomic mass is 16.5. The van der Waals surface area contributed by atoms with E-state index in [-0.39, 0.29) is 17.9 Å². The highest BCUT2D eigenvalue weighted by molar-refractivity contribution is 6.15. The van der Waals surface area contributed by atoms with E-state index in [0.717, 1.165) is 17.7 Å². The maximum Gasteiger partial charge on any atom is 0.242 e. The largest absolute Gasteiger partial charge is 0.489 e. The minimum Gasteiger partial charge on any atom is -0.489 e. The Labute approximate surface area is 160 Å². The van der Waals surface area contributed by atoms with Crippen molar-refractivity contribution in [3.05, 3.63) is 54.1 Å². The SMILES string of the molecule is CC(C)Oc1ccccc1NC(=O)C(C)(C)C(=O)N1CCc2ccccc21. The van der Waals surface area contributed by atoms with Crippen LogP contribution in [0.5, 0.6) is 5.75 Å². The van der Waals surface area contributed by atoms with Gasteiger partial charge in [-0.15, -0.1) is 0 Å². The number of carbonyl (C=O) groups excluding carboxylic acids is 2. The number of carbonyl (C=O) groups is 2. The number of anilines is 2. The molecule has 0 aromatic heterocycles. The molecule has 1 N–H and O–H groups in total. The zero-order chi connectivity index (χ0) is 19.6. The summed E-state index contributed by atoms with van der Waals surface area (Å²) in [5.74, 6) is 0.0412. The van der Waals surface area contributed by atoms with Gasteiger partial charge in [0.05, 0.1) is 11.8 Å². The predicted molar refractivity (Wildman–Crippen MR) is 107 cm³/mol. The van der Waals surface area contributed by atoms with E-state index in [1.54, 1.807) is 30.9 Å². The number of rotatable bonds is 5. The van der Waals surface area contributed by atoms with Crippen molar-refractivity contribution in [2.45, 2.75) is 40.2 Å². The van der Waals surface area contributed by atoms with Crippen LogP contribution in [-0.4, -0.2) is 24.5 Å². The molecule has 5 nitrogen and oxygen atoms in total. The lowest BCUT2D eigenvalue weighted by atomic mass is 9.90. The molecule has 0 fully saturated rings. The molecule has 0 radical (unpaired) electrons. The Morgan fingerprint density at radius 3 is 2.48 bits per heavy atom. The Balaban J connectivity index is 1.79. The molecule has 0 aliphatic carbocycles. The van der Waals surface area contributed by atoms with Crippen LogP contribution in [0, 0.1) is 5.41 Å². The standard InChI is InChI=1S/C22H26N2O3/c1-15(2)27-19-12-8-6-10-17(19)23-20(25)22(3,4)21(26)24-14-13-16-9-5-7-11-18(16)24/h5-12,15H,13-14H2,1-4H3,(H,23,25). The highest BCUT2D eigenvalue weighted by Gasteiger charge is 2.41. The molecule has 3 rings (SSSR count). The topological polar surface area (TPSA) is 58.6 Å². The summed E-state index contributed by atoms with van der Waals surface area (Å²) < 4.78 is 5.76. The summed E-state index contributed by atoms with van der Waals surface area (Å²) in [6.07, 6.45) is 0.795. The molecule has 0 spiro atoms. The first-order chi connectivity index (χ1) is 12.8. The Hall–Kier alpha value is -2.82. The van der Waals surface area contributed by atoms with Crippen LogP contribution in [-0.2, 0) is 16.0 Å². The van der Waals surface area contributed by atoms with E-state index in [9.17, 15) is 9.59 Å². The molecule has 27 heavy (non-hydrogen) atoms. The van der Waals surface area contributed by atoms with Gasteiger partial charge in [0.25, 0.3) is 0 Å². The van der Waals surface area contributed by atoms with Gasteiger partial charge in [-0.2, -0.15) is 0 Å². The van der Waals surface area contributed by atoms with Crippen molar-refractivity contribution in [3.8, 4) is 5.75 Å². The van der Waals surface area contributed by atoms with Gasteiger partial charge in [-0.3, -0.25) is 9.59 Å². The van der Waals surface area contributed by atoms with Gasteiger partial charge in [0.2, 0.25) is 11.8 Å². The van der Waals surface area contributed by atoms with Gasteiger partial charge >= 0.3 is 0 Å². The average Bonchev–Trinajstić information content (AvgIpc) is 3.06. The van der Waals surface area contributed by atoms with E-state index < -0.39 is 5.41 Å². The first-order valence-corrected chi connectivity index (χ1v) is 9.27. The number of benzene rings is 2. The summed E-state index contributed by atoms with van der Waals surface area (Å²) in [5.41, 5.74) is 1.39. The van der Waals surface area contributed by atoms with Crippen LogP contribution >= 0.6 is 0 Å². The highest BCUT2D eigenvalue weighted by Crippen LogP contribution is 2.33. The normalized spacial score (nSPS) is 13.4. The Morgan fingerprint density at radius 1 is 1.07 bits per heavy atom. The van der Waals surface area contributed by atoms with Crippen molar-refractivity contribution in [3.63, 3.8) is 0 Å². The number of ether oxygens (including phenoxy) is 1. The van der Waals surface area contributed by atoms with Crippen LogP contribution in [0.25, 0.3) is 0 Å². The van der Waals surface area contributed by atoms with Gasteiger partial charge in [-0.05, 0) is 57.9 Å². The smallest absolute Gasteiger partial charge is 0.242 e. The van der Waals surface area contributed by atoms with Gasteiger partial charge in [-0.1, -0.05) is 30.3 Å². The first kappa shape index (κ1) is 19.0. The number of hydrogen-bond donors (Lipinski definition) is 1. The molecule has 1 heterocycles. The molecule has 0 unspecified atom stereocenters. The zero-order valence-corrected chi connectivity index (χ0v) is 16.3. The lowest BCUT2D eigenvalue weighted by molar-refractivity contribution is -0.136. The first-order valence-electron chi connectivity index (χ1n) is 9.27. The quantitative estimate of drug-likeness (QED) is 0.813. The summed E-state index contributed by atoms with van der Waals surface area (Å²) >= 11 is 0. The number of amides is 2. The molecule has 142 valence electrons. The van der Waals surface area contributed by atoms with E-state index >= 15 is 0 Å². The number of fused-ring (bicyclic) bond motifs is 1. The Morgan fingerprint density at radius 2 is 1.74 bits per heavy atom. The molecular formula is C22H26N2O3. The van der Waals surface area contributed by atoms with E-state index in [4.69, 9.17) is 4.74 Å². The van der Waals surface area contributed by atoms with Gasteiger partial charge in [0.15, 0.2) is 0 Å². The fraction of sp³-hybridized carbons (Fsp3) is 0.364. The predicted octanol–water partition coefficient (Wildman–Crippen LogP) is 4.03. The fourth-order valence-electron chi connectivity index (χ4n) is 3.19. The summed E-state index contributed by atoms with van der Waals surface area (Å²) in [6, 6.07) is 15.1. The third-order valence-electron chi connectivity index (χ3n) is 4.73. The Bertz CT molecular complexity index is 858. The molecule has 2 amide bonds. The van der Waals surface area contributed by atoms with Gasteiger partial charge < -0.3 is 15.0 Å². The van der Waals surface area contributed by atoms with E-state index in [1.165, 1.54) is 0 Å². The van der Waals surface area contributed by atoms with Crippen molar-refractivity contribution < 1.29 is 14.3 Å². The van der Waals surface area contributed by atoms with Crippen LogP contribution < -0.4 is 15.0 Å². The molecule has 2 aromatic carbocycles. The maximum atomic E-state index is 13.2. The average molecular weight is 366 g/mol. The molecule has 1 aliphatic rings. The second-order valence-corrected chi connectivity index (χ2v) is 7.58. The van der Waals surface area contributed by atoms with Crippen LogP contribution in [0.3, 0.4) is 0 Å². The van der Waals surface area contributed by atoms with Crippen molar-refractivity contribution in [2.24, 2.45) is 5.41 Å². The second-order valence-electron chi connectivity index (χ2n) is 7.58. The van der Waals surface area contributed by atoms with Gasteiger partial charge in [0.1, 0.15) is 11.2 Å². The van der Waals surface area contributed by atoms with Crippen molar-refractivity contribution in [1.29, 1.82) is 0 Å². The molecule has 0 bridgehead atoms. The summed E-state index contributed by atoms with van der Waals surface area (Å²) in [6.45, 7) is 7.78. The van der Waals surface area contributed by atoms with Crippen LogP contribution in [0.1, 0.15) is 33.3 Å². The zero-order valence-electron chi connectivity index (χ0n) is 16.3. The minimum atomic E-state index is -1.21. The molecule has 5 heteroatoms. The van der Waals surface area contributed by atoms with Crippen molar-refractivity contribution in [1.82, 2.24) is 0 Å². The van der Waals surface area contributed by atoms with Crippen molar-refractivity contribution in [2.75, 3.05) is 16.8 Å². The minimum absolute atomic E-state index is 0.0150. The van der Waals surface area contributed by atoms with Gasteiger partial charge in [0, 0.05) is 12.2 Å². The second kappa shape index (κ2) is 7.43. The lowest BCUT2D eigenvalue weighted by Gasteiger charge is -2.29. The number of nitrogens with zero attached hydrogens (tertiary/aromatic N) is 1. The van der Waals surface area contributed by atoms with E-state index in [0.29, 0.717) is 18.0 Å². The molecule has 0 saturated carbocycles. The summed E-state index contributed by atoms with van der Waals surface area (Å²) in [5, 5.41) is 2.87. The number of para-hydroxylation sites is 3. The van der Waals surface area contributed by atoms with E-state index in [2.05, 4.69) is 5.32 Å². The van der Waals surface area contributed by atoms with E-state index in [1.807, 2.05) is 50.2 Å². The molecule has 2 aromatic rings. The fourth-order valence-corrected chi connectivity index (χ4v) is 3.19. The number of nitrogens with one attached hydrogen (secondary N) is 1. The van der Waals surface area contributed by atoms with Gasteiger partial charge in [-0.25, -0.2) is 0 Å². The molecule has 0 atom stereocenters. The third-order valence-corrected chi connectivity index (χ3v) is 4.73. The summed E-state index contributed by atoms with van der Waals surface area (Å²) in [4.78, 5) is 27.8. The summed E-state index contributed by atoms with van der Waals surface area (Å²) in [7, 11) is 0. The Kier molecular flexibility index (Phi) is 5.22. The third kappa shape index (κ3) is 3.82. The van der Waals surface area contributed by atoms with Crippen molar-refractivity contribution >= 4 is 23.2 Å². The number of hydrogen-bond acceptors (Lipinski definition) is 3.